The van der Waals surface area contributed by atoms with E-state index in [0.29, 0.717) is 15.6 Å². The van der Waals surface area contributed by atoms with E-state index in [1.165, 1.54) is 7.11 Å². The first kappa shape index (κ1) is 11.2. The molecule has 2 rings (SSSR count). The Morgan fingerprint density at radius 2 is 1.88 bits per heavy atom. The van der Waals surface area contributed by atoms with Gasteiger partial charge in [-0.3, -0.25) is 0 Å². The maximum atomic E-state index is 11.5. The number of benzene rings is 2. The van der Waals surface area contributed by atoms with Gasteiger partial charge in [-0.05, 0) is 17.5 Å². The van der Waals surface area contributed by atoms with Crippen LogP contribution in [0.25, 0.3) is 10.8 Å². The van der Waals surface area contributed by atoms with Crippen molar-refractivity contribution in [2.24, 2.45) is 0 Å². The maximum Gasteiger partial charge on any atom is 0.338 e. The van der Waals surface area contributed by atoms with E-state index in [0.717, 1.165) is 10.8 Å². The van der Waals surface area contributed by atoms with E-state index >= 15 is 0 Å². The SMILES string of the molecule is COC(=O)c1cccc2c(Cl)c(Cl)ccc12. The van der Waals surface area contributed by atoms with Crippen LogP contribution >= 0.6 is 23.2 Å². The fourth-order valence-electron chi connectivity index (χ4n) is 1.58. The second kappa shape index (κ2) is 4.32. The van der Waals surface area contributed by atoms with Crippen LogP contribution in [0.4, 0.5) is 0 Å². The van der Waals surface area contributed by atoms with Crippen molar-refractivity contribution in [3.8, 4) is 0 Å². The van der Waals surface area contributed by atoms with E-state index in [4.69, 9.17) is 27.9 Å². The van der Waals surface area contributed by atoms with Gasteiger partial charge < -0.3 is 4.74 Å². The van der Waals surface area contributed by atoms with Gasteiger partial charge in [-0.25, -0.2) is 4.79 Å². The highest BCUT2D eigenvalue weighted by Crippen LogP contribution is 2.32. The number of ether oxygens (including phenoxy) is 1. The van der Waals surface area contributed by atoms with E-state index in [9.17, 15) is 4.79 Å². The van der Waals surface area contributed by atoms with Crippen molar-refractivity contribution >= 4 is 39.9 Å². The van der Waals surface area contributed by atoms with Crippen LogP contribution in [-0.4, -0.2) is 13.1 Å². The Bertz CT molecular complexity index is 564. The summed E-state index contributed by atoms with van der Waals surface area (Å²) in [5.74, 6) is -0.385. The smallest absolute Gasteiger partial charge is 0.338 e. The van der Waals surface area contributed by atoms with Crippen LogP contribution < -0.4 is 0 Å². The molecular weight excluding hydrogens is 247 g/mol. The van der Waals surface area contributed by atoms with Crippen LogP contribution in [0.2, 0.25) is 10.0 Å². The summed E-state index contributed by atoms with van der Waals surface area (Å²) >= 11 is 12.0. The summed E-state index contributed by atoms with van der Waals surface area (Å²) in [5.41, 5.74) is 0.485. The van der Waals surface area contributed by atoms with Crippen molar-refractivity contribution in [2.45, 2.75) is 0 Å². The van der Waals surface area contributed by atoms with Gasteiger partial charge in [0.2, 0.25) is 0 Å². The van der Waals surface area contributed by atoms with Gasteiger partial charge in [-0.1, -0.05) is 41.4 Å². The molecule has 2 aromatic rings. The zero-order valence-electron chi connectivity index (χ0n) is 8.46. The number of hydrogen-bond donors (Lipinski definition) is 0. The Labute approximate surface area is 103 Å². The molecule has 0 atom stereocenters. The fraction of sp³-hybridized carbons (Fsp3) is 0.0833. The monoisotopic (exact) mass is 254 g/mol. The predicted octanol–water partition coefficient (Wildman–Crippen LogP) is 3.93. The second-order valence-corrected chi connectivity index (χ2v) is 4.04. The molecule has 2 aromatic carbocycles. The molecule has 0 radical (unpaired) electrons. The molecule has 0 aliphatic heterocycles. The molecule has 0 saturated heterocycles. The Morgan fingerprint density at radius 1 is 1.12 bits per heavy atom. The van der Waals surface area contributed by atoms with Gasteiger partial charge in [0.1, 0.15) is 0 Å². The number of methoxy groups -OCH3 is 1. The van der Waals surface area contributed by atoms with Gasteiger partial charge in [0.15, 0.2) is 0 Å². The minimum atomic E-state index is -0.385. The first-order valence-electron chi connectivity index (χ1n) is 4.60. The van der Waals surface area contributed by atoms with Crippen molar-refractivity contribution in [3.63, 3.8) is 0 Å². The number of hydrogen-bond acceptors (Lipinski definition) is 2. The van der Waals surface area contributed by atoms with Gasteiger partial charge in [0.25, 0.3) is 0 Å². The number of carbonyl (C=O) groups excluding carboxylic acids is 1. The molecule has 82 valence electrons. The summed E-state index contributed by atoms with van der Waals surface area (Å²) in [7, 11) is 1.35. The van der Waals surface area contributed by atoms with Gasteiger partial charge in [0, 0.05) is 5.39 Å². The summed E-state index contributed by atoms with van der Waals surface area (Å²) in [6.45, 7) is 0. The molecule has 0 spiro atoms. The molecule has 4 heteroatoms. The van der Waals surface area contributed by atoms with Crippen molar-refractivity contribution in [3.05, 3.63) is 45.9 Å². The topological polar surface area (TPSA) is 26.3 Å². The molecule has 0 unspecified atom stereocenters. The predicted molar refractivity (Wildman–Crippen MR) is 65.3 cm³/mol. The Hall–Kier alpha value is -1.25. The van der Waals surface area contributed by atoms with E-state index in [1.807, 2.05) is 6.07 Å². The average molecular weight is 255 g/mol. The minimum absolute atomic E-state index is 0.385. The fourth-order valence-corrected chi connectivity index (χ4v) is 1.98. The van der Waals surface area contributed by atoms with E-state index in [2.05, 4.69) is 0 Å². The summed E-state index contributed by atoms with van der Waals surface area (Å²) in [4.78, 5) is 11.5. The van der Waals surface area contributed by atoms with Crippen LogP contribution in [0.3, 0.4) is 0 Å². The molecule has 2 nitrogen and oxygen atoms in total. The number of esters is 1. The number of fused-ring (bicyclic) bond motifs is 1. The molecule has 0 saturated carbocycles. The molecule has 0 amide bonds. The van der Waals surface area contributed by atoms with Crippen LogP contribution in [0.1, 0.15) is 10.4 Å². The molecule has 0 heterocycles. The van der Waals surface area contributed by atoms with Crippen LogP contribution in [0.5, 0.6) is 0 Å². The quantitative estimate of drug-likeness (QED) is 0.721. The molecule has 0 aliphatic carbocycles. The largest absolute Gasteiger partial charge is 0.465 e. The number of halogens is 2. The summed E-state index contributed by atoms with van der Waals surface area (Å²) < 4.78 is 4.70. The third-order valence-corrected chi connectivity index (χ3v) is 3.17. The van der Waals surface area contributed by atoms with E-state index in [-0.39, 0.29) is 5.97 Å². The molecule has 0 N–H and O–H groups in total. The molecule has 0 aliphatic rings. The van der Waals surface area contributed by atoms with Gasteiger partial charge in [0.05, 0.1) is 22.7 Å². The highest BCUT2D eigenvalue weighted by Gasteiger charge is 2.12. The van der Waals surface area contributed by atoms with Gasteiger partial charge in [-0.2, -0.15) is 0 Å². The normalized spacial score (nSPS) is 10.4. The highest BCUT2D eigenvalue weighted by molar-refractivity contribution is 6.45. The zero-order chi connectivity index (χ0) is 11.7. The highest BCUT2D eigenvalue weighted by atomic mass is 35.5. The Morgan fingerprint density at radius 3 is 2.56 bits per heavy atom. The van der Waals surface area contributed by atoms with Gasteiger partial charge >= 0.3 is 5.97 Å². The lowest BCUT2D eigenvalue weighted by Crippen LogP contribution is -2.01. The lowest BCUT2D eigenvalue weighted by molar-refractivity contribution is 0.0603. The zero-order valence-corrected chi connectivity index (χ0v) is 9.97. The third-order valence-electron chi connectivity index (χ3n) is 2.35. The minimum Gasteiger partial charge on any atom is -0.465 e. The lowest BCUT2D eigenvalue weighted by Gasteiger charge is -2.06. The molecular formula is C12H8Cl2O2. The Kier molecular flexibility index (Phi) is 3.03. The van der Waals surface area contributed by atoms with Crippen molar-refractivity contribution in [1.29, 1.82) is 0 Å². The Balaban J connectivity index is 2.79. The first-order valence-corrected chi connectivity index (χ1v) is 5.36. The second-order valence-electron chi connectivity index (χ2n) is 3.25. The summed E-state index contributed by atoms with van der Waals surface area (Å²) in [6, 6.07) is 8.68. The molecule has 0 aromatic heterocycles. The molecule has 16 heavy (non-hydrogen) atoms. The first-order chi connectivity index (χ1) is 7.65. The molecule has 0 bridgehead atoms. The van der Waals surface area contributed by atoms with Crippen molar-refractivity contribution in [2.75, 3.05) is 7.11 Å². The summed E-state index contributed by atoms with van der Waals surface area (Å²) in [6.07, 6.45) is 0. The average Bonchev–Trinajstić information content (AvgIpc) is 2.32. The van der Waals surface area contributed by atoms with Crippen LogP contribution in [-0.2, 0) is 4.74 Å². The summed E-state index contributed by atoms with van der Waals surface area (Å²) in [5, 5.41) is 2.40. The van der Waals surface area contributed by atoms with E-state index < -0.39 is 0 Å². The van der Waals surface area contributed by atoms with E-state index in [1.54, 1.807) is 24.3 Å². The van der Waals surface area contributed by atoms with Crippen LogP contribution in [0.15, 0.2) is 30.3 Å². The maximum absolute atomic E-state index is 11.5. The lowest BCUT2D eigenvalue weighted by atomic mass is 10.0. The van der Waals surface area contributed by atoms with Gasteiger partial charge in [-0.15, -0.1) is 0 Å². The number of rotatable bonds is 1. The molecule has 0 fully saturated rings. The third kappa shape index (κ3) is 1.75. The standard InChI is InChI=1S/C12H8Cl2O2/c1-16-12(15)9-4-2-3-8-7(9)5-6-10(13)11(8)14/h2-6H,1H3. The van der Waals surface area contributed by atoms with Crippen LogP contribution in [0, 0.1) is 0 Å². The van der Waals surface area contributed by atoms with Crippen molar-refractivity contribution in [1.82, 2.24) is 0 Å². The number of carbonyl (C=O) groups is 1. The van der Waals surface area contributed by atoms with Crippen molar-refractivity contribution < 1.29 is 9.53 Å².